The molecule has 0 aliphatic rings. The van der Waals surface area contributed by atoms with Gasteiger partial charge in [0.2, 0.25) is 0 Å². The summed E-state index contributed by atoms with van der Waals surface area (Å²) < 4.78 is 0. The van der Waals surface area contributed by atoms with Gasteiger partial charge in [0.05, 0.1) is 5.69 Å². The van der Waals surface area contributed by atoms with E-state index >= 15 is 0 Å². The van der Waals surface area contributed by atoms with Gasteiger partial charge in [-0.15, -0.1) is 0 Å². The van der Waals surface area contributed by atoms with Crippen LogP contribution in [0.1, 0.15) is 0 Å². The van der Waals surface area contributed by atoms with Gasteiger partial charge in [-0.05, 0) is 23.6 Å². The summed E-state index contributed by atoms with van der Waals surface area (Å²) in [6.07, 6.45) is 0. The van der Waals surface area contributed by atoms with Crippen LogP contribution in [0.4, 0.5) is 10.5 Å². The third-order valence-corrected chi connectivity index (χ3v) is 2.34. The Morgan fingerprint density at radius 3 is 2.81 bits per heavy atom. The molecule has 0 heterocycles. The van der Waals surface area contributed by atoms with E-state index in [-0.39, 0.29) is 11.8 Å². The largest absolute Gasteiger partial charge is 0.508 e. The Kier molecular flexibility index (Phi) is 2.64. The molecule has 2 aromatic carbocycles. The maximum absolute atomic E-state index is 11.2. The zero-order valence-corrected chi connectivity index (χ0v) is 8.82. The van der Waals surface area contributed by atoms with Gasteiger partial charge in [0.25, 0.3) is 0 Å². The Balaban J connectivity index is 2.52. The molecule has 0 fully saturated rings. The lowest BCUT2D eigenvalue weighted by Crippen LogP contribution is -2.24. The highest BCUT2D eigenvalue weighted by Gasteiger charge is 2.04. The maximum Gasteiger partial charge on any atom is 0.318 e. The third-order valence-electron chi connectivity index (χ3n) is 2.34. The number of benzene rings is 2. The van der Waals surface area contributed by atoms with Gasteiger partial charge >= 0.3 is 6.03 Å². The Morgan fingerprint density at radius 1 is 1.25 bits per heavy atom. The van der Waals surface area contributed by atoms with Crippen LogP contribution in [-0.4, -0.2) is 18.2 Å². The molecule has 4 heteroatoms. The summed E-state index contributed by atoms with van der Waals surface area (Å²) in [5, 5.41) is 16.4. The number of phenolic OH excluding ortho intramolecular Hbond substituents is 1. The van der Waals surface area contributed by atoms with Crippen molar-refractivity contribution in [1.82, 2.24) is 5.32 Å². The maximum atomic E-state index is 11.2. The molecular weight excluding hydrogens is 204 g/mol. The van der Waals surface area contributed by atoms with Crippen LogP contribution in [-0.2, 0) is 0 Å². The lowest BCUT2D eigenvalue weighted by molar-refractivity contribution is 0.254. The van der Waals surface area contributed by atoms with Crippen LogP contribution in [0.5, 0.6) is 5.75 Å². The molecule has 2 aromatic rings. The SMILES string of the molecule is CNC(=O)Nc1cccc2ccc(O)cc12. The number of fused-ring (bicyclic) bond motifs is 1. The monoisotopic (exact) mass is 216 g/mol. The first-order valence-corrected chi connectivity index (χ1v) is 4.91. The molecule has 16 heavy (non-hydrogen) atoms. The van der Waals surface area contributed by atoms with Crippen LogP contribution in [0.3, 0.4) is 0 Å². The van der Waals surface area contributed by atoms with Gasteiger partial charge in [-0.2, -0.15) is 0 Å². The van der Waals surface area contributed by atoms with E-state index in [0.717, 1.165) is 10.8 Å². The molecule has 3 N–H and O–H groups in total. The van der Waals surface area contributed by atoms with Crippen molar-refractivity contribution in [3.8, 4) is 5.75 Å². The first kappa shape index (κ1) is 10.3. The zero-order valence-electron chi connectivity index (χ0n) is 8.82. The fraction of sp³-hybridized carbons (Fsp3) is 0.0833. The van der Waals surface area contributed by atoms with Gasteiger partial charge in [0, 0.05) is 12.4 Å². The van der Waals surface area contributed by atoms with Gasteiger partial charge in [-0.25, -0.2) is 4.79 Å². The molecule has 82 valence electrons. The molecule has 2 rings (SSSR count). The quantitative estimate of drug-likeness (QED) is 0.685. The van der Waals surface area contributed by atoms with E-state index in [2.05, 4.69) is 10.6 Å². The predicted octanol–water partition coefficient (Wildman–Crippen LogP) is 2.30. The summed E-state index contributed by atoms with van der Waals surface area (Å²) in [6.45, 7) is 0. The third kappa shape index (κ3) is 1.91. The molecule has 0 saturated heterocycles. The van der Waals surface area contributed by atoms with Gasteiger partial charge in [0.15, 0.2) is 0 Å². The number of amides is 2. The molecular formula is C12H12N2O2. The van der Waals surface area contributed by atoms with Crippen molar-refractivity contribution in [2.45, 2.75) is 0 Å². The Bertz CT molecular complexity index is 538. The smallest absolute Gasteiger partial charge is 0.318 e. The molecule has 0 radical (unpaired) electrons. The van der Waals surface area contributed by atoms with Crippen molar-refractivity contribution in [2.75, 3.05) is 12.4 Å². The van der Waals surface area contributed by atoms with Crippen LogP contribution in [0, 0.1) is 0 Å². The second-order valence-electron chi connectivity index (χ2n) is 3.42. The Morgan fingerprint density at radius 2 is 2.06 bits per heavy atom. The molecule has 4 nitrogen and oxygen atoms in total. The van der Waals surface area contributed by atoms with E-state index in [1.54, 1.807) is 31.3 Å². The van der Waals surface area contributed by atoms with Gasteiger partial charge in [-0.3, -0.25) is 0 Å². The van der Waals surface area contributed by atoms with Crippen LogP contribution >= 0.6 is 0 Å². The lowest BCUT2D eigenvalue weighted by atomic mass is 10.1. The van der Waals surface area contributed by atoms with Crippen LogP contribution in [0.15, 0.2) is 36.4 Å². The number of carbonyl (C=O) groups is 1. The molecule has 0 aliphatic carbocycles. The van der Waals surface area contributed by atoms with Gasteiger partial charge < -0.3 is 15.7 Å². The van der Waals surface area contributed by atoms with E-state index in [1.165, 1.54) is 0 Å². The first-order chi connectivity index (χ1) is 7.70. The minimum absolute atomic E-state index is 0.179. The number of rotatable bonds is 1. The average Bonchev–Trinajstić information content (AvgIpc) is 2.29. The fourth-order valence-corrected chi connectivity index (χ4v) is 1.55. The van der Waals surface area contributed by atoms with Crippen molar-refractivity contribution in [3.05, 3.63) is 36.4 Å². The summed E-state index contributed by atoms with van der Waals surface area (Å²) in [6, 6.07) is 10.3. The van der Waals surface area contributed by atoms with E-state index in [4.69, 9.17) is 0 Å². The van der Waals surface area contributed by atoms with Crippen molar-refractivity contribution >= 4 is 22.5 Å². The summed E-state index contributed by atoms with van der Waals surface area (Å²) in [7, 11) is 1.55. The summed E-state index contributed by atoms with van der Waals surface area (Å²) in [4.78, 5) is 11.2. The summed E-state index contributed by atoms with van der Waals surface area (Å²) in [5.74, 6) is 0.179. The zero-order chi connectivity index (χ0) is 11.5. The second-order valence-corrected chi connectivity index (χ2v) is 3.42. The molecule has 0 saturated carbocycles. The number of hydrogen-bond acceptors (Lipinski definition) is 2. The number of anilines is 1. The number of carbonyl (C=O) groups excluding carboxylic acids is 1. The lowest BCUT2D eigenvalue weighted by Gasteiger charge is -2.08. The van der Waals surface area contributed by atoms with E-state index in [9.17, 15) is 9.90 Å². The topological polar surface area (TPSA) is 61.4 Å². The molecule has 2 amide bonds. The number of nitrogens with one attached hydrogen (secondary N) is 2. The minimum Gasteiger partial charge on any atom is -0.508 e. The van der Waals surface area contributed by atoms with Gasteiger partial charge in [0.1, 0.15) is 5.75 Å². The van der Waals surface area contributed by atoms with Crippen molar-refractivity contribution in [3.63, 3.8) is 0 Å². The predicted molar refractivity (Wildman–Crippen MR) is 63.7 cm³/mol. The standard InChI is InChI=1S/C12H12N2O2/c1-13-12(16)14-11-4-2-3-8-5-6-9(15)7-10(8)11/h2-7,15H,1H3,(H2,13,14,16). The average molecular weight is 216 g/mol. The normalized spacial score (nSPS) is 10.1. The Labute approximate surface area is 92.9 Å². The number of hydrogen-bond donors (Lipinski definition) is 3. The number of phenols is 1. The fourth-order valence-electron chi connectivity index (χ4n) is 1.55. The number of urea groups is 1. The summed E-state index contributed by atoms with van der Waals surface area (Å²) >= 11 is 0. The van der Waals surface area contributed by atoms with Crippen molar-refractivity contribution < 1.29 is 9.90 Å². The highest BCUT2D eigenvalue weighted by molar-refractivity contribution is 6.01. The van der Waals surface area contributed by atoms with E-state index in [0.29, 0.717) is 5.69 Å². The molecule has 0 aliphatic heterocycles. The minimum atomic E-state index is -0.282. The molecule has 0 bridgehead atoms. The van der Waals surface area contributed by atoms with Crippen LogP contribution in [0.2, 0.25) is 0 Å². The van der Waals surface area contributed by atoms with Crippen LogP contribution in [0.25, 0.3) is 10.8 Å². The van der Waals surface area contributed by atoms with Crippen molar-refractivity contribution in [2.24, 2.45) is 0 Å². The summed E-state index contributed by atoms with van der Waals surface area (Å²) in [5.41, 5.74) is 0.674. The number of aromatic hydroxyl groups is 1. The van der Waals surface area contributed by atoms with Crippen LogP contribution < -0.4 is 10.6 Å². The van der Waals surface area contributed by atoms with E-state index in [1.807, 2.05) is 12.1 Å². The van der Waals surface area contributed by atoms with Crippen molar-refractivity contribution in [1.29, 1.82) is 0 Å². The second kappa shape index (κ2) is 4.10. The van der Waals surface area contributed by atoms with Gasteiger partial charge in [-0.1, -0.05) is 18.2 Å². The molecule has 0 spiro atoms. The molecule has 0 unspecified atom stereocenters. The first-order valence-electron chi connectivity index (χ1n) is 4.91. The highest BCUT2D eigenvalue weighted by Crippen LogP contribution is 2.26. The Hall–Kier alpha value is -2.23. The molecule has 0 atom stereocenters. The van der Waals surface area contributed by atoms with E-state index < -0.39 is 0 Å². The molecule has 0 aromatic heterocycles. The highest BCUT2D eigenvalue weighted by atomic mass is 16.3.